The predicted octanol–water partition coefficient (Wildman–Crippen LogP) is 1.45. The number of hydrogen-bond donors (Lipinski definition) is 0. The molecular formula is C9H11NO3S. The highest BCUT2D eigenvalue weighted by Crippen LogP contribution is 2.12. The second kappa shape index (κ2) is 5.49. The molecule has 0 spiro atoms. The van der Waals surface area contributed by atoms with E-state index < -0.39 is 0 Å². The van der Waals surface area contributed by atoms with E-state index in [1.807, 2.05) is 0 Å². The van der Waals surface area contributed by atoms with Crippen molar-refractivity contribution in [3.8, 4) is 0 Å². The maximum atomic E-state index is 11.0. The Morgan fingerprint density at radius 3 is 3.07 bits per heavy atom. The van der Waals surface area contributed by atoms with E-state index in [1.54, 1.807) is 6.92 Å². The van der Waals surface area contributed by atoms with Gasteiger partial charge >= 0.3 is 5.97 Å². The lowest BCUT2D eigenvalue weighted by Crippen LogP contribution is -2.04. The molecule has 1 rings (SSSR count). The topological polar surface area (TPSA) is 56.3 Å². The summed E-state index contributed by atoms with van der Waals surface area (Å²) in [5.41, 5.74) is 0. The molecule has 0 radical (unpaired) electrons. The van der Waals surface area contributed by atoms with Gasteiger partial charge in [0.1, 0.15) is 0 Å². The van der Waals surface area contributed by atoms with Crippen LogP contribution >= 0.6 is 11.3 Å². The van der Waals surface area contributed by atoms with Gasteiger partial charge in [-0.3, -0.25) is 9.59 Å². The Labute approximate surface area is 85.9 Å². The number of nitrogens with zero attached hydrogens (tertiary/aromatic N) is 1. The lowest BCUT2D eigenvalue weighted by molar-refractivity contribution is -0.143. The molecule has 0 aromatic carbocycles. The van der Waals surface area contributed by atoms with Crippen LogP contribution in [0, 0.1) is 0 Å². The molecule has 1 aromatic rings. The number of hydrogen-bond acceptors (Lipinski definition) is 5. The van der Waals surface area contributed by atoms with E-state index >= 15 is 0 Å². The lowest BCUT2D eigenvalue weighted by atomic mass is 10.3. The van der Waals surface area contributed by atoms with Crippen LogP contribution in [-0.4, -0.2) is 23.8 Å². The van der Waals surface area contributed by atoms with E-state index in [2.05, 4.69) is 4.98 Å². The quantitative estimate of drug-likeness (QED) is 0.548. The molecule has 5 heteroatoms. The molecule has 76 valence electrons. The largest absolute Gasteiger partial charge is 0.466 e. The molecule has 0 N–H and O–H groups in total. The Hall–Kier alpha value is -1.23. The number of esters is 1. The molecule has 0 aliphatic heterocycles. The molecule has 0 saturated heterocycles. The number of carbonyl (C=O) groups excluding carboxylic acids is 2. The van der Waals surface area contributed by atoms with Crippen LogP contribution in [0.15, 0.2) is 6.20 Å². The zero-order valence-electron chi connectivity index (χ0n) is 7.86. The smallest absolute Gasteiger partial charge is 0.306 e. The summed E-state index contributed by atoms with van der Waals surface area (Å²) in [6, 6.07) is 0. The second-order valence-electron chi connectivity index (χ2n) is 2.58. The summed E-state index contributed by atoms with van der Waals surface area (Å²) in [5, 5.41) is 0.792. The van der Waals surface area contributed by atoms with Gasteiger partial charge in [-0.15, -0.1) is 11.3 Å². The van der Waals surface area contributed by atoms with E-state index in [0.717, 1.165) is 11.3 Å². The van der Waals surface area contributed by atoms with Crippen molar-refractivity contribution in [1.29, 1.82) is 0 Å². The maximum Gasteiger partial charge on any atom is 0.306 e. The number of aryl methyl sites for hydroxylation is 1. The van der Waals surface area contributed by atoms with Crippen LogP contribution in [-0.2, 0) is 16.0 Å². The number of rotatable bonds is 5. The first kappa shape index (κ1) is 10.8. The number of aromatic nitrogens is 1. The second-order valence-corrected chi connectivity index (χ2v) is 3.73. The molecule has 0 fully saturated rings. The number of ether oxygens (including phenoxy) is 1. The number of aldehydes is 1. The molecule has 0 amide bonds. The summed E-state index contributed by atoms with van der Waals surface area (Å²) in [6.45, 7) is 2.17. The fourth-order valence-electron chi connectivity index (χ4n) is 0.937. The zero-order chi connectivity index (χ0) is 10.4. The van der Waals surface area contributed by atoms with Gasteiger partial charge < -0.3 is 4.74 Å². The highest BCUT2D eigenvalue weighted by molar-refractivity contribution is 7.13. The minimum absolute atomic E-state index is 0.227. The Morgan fingerprint density at radius 2 is 2.50 bits per heavy atom. The normalized spacial score (nSPS) is 9.79. The van der Waals surface area contributed by atoms with Gasteiger partial charge in [0.25, 0.3) is 0 Å². The van der Waals surface area contributed by atoms with E-state index in [1.165, 1.54) is 17.5 Å². The van der Waals surface area contributed by atoms with Crippen LogP contribution in [0.4, 0.5) is 0 Å². The summed E-state index contributed by atoms with van der Waals surface area (Å²) < 4.78 is 4.77. The Balaban J connectivity index is 2.37. The monoisotopic (exact) mass is 213 g/mol. The van der Waals surface area contributed by atoms with Gasteiger partial charge in [-0.1, -0.05) is 0 Å². The highest BCUT2D eigenvalue weighted by atomic mass is 32.1. The van der Waals surface area contributed by atoms with Gasteiger partial charge in [-0.05, 0) is 6.92 Å². The van der Waals surface area contributed by atoms with Gasteiger partial charge in [-0.25, -0.2) is 4.98 Å². The van der Waals surface area contributed by atoms with Gasteiger partial charge in [-0.2, -0.15) is 0 Å². The van der Waals surface area contributed by atoms with Crippen molar-refractivity contribution >= 4 is 23.6 Å². The van der Waals surface area contributed by atoms with Crippen molar-refractivity contribution in [2.24, 2.45) is 0 Å². The minimum atomic E-state index is -0.227. The SMILES string of the molecule is CCOC(=O)CCc1ncc(C=O)s1. The standard InChI is InChI=1S/C9H11NO3S/c1-2-13-9(12)4-3-8-10-5-7(6-11)14-8/h5-6H,2-4H2,1H3. The predicted molar refractivity (Wildman–Crippen MR) is 52.5 cm³/mol. The van der Waals surface area contributed by atoms with Gasteiger partial charge in [0.2, 0.25) is 0 Å². The molecule has 1 aromatic heterocycles. The summed E-state index contributed by atoms with van der Waals surface area (Å²) in [4.78, 5) is 25.9. The third kappa shape index (κ3) is 3.26. The third-order valence-corrected chi connectivity index (χ3v) is 2.52. The van der Waals surface area contributed by atoms with Crippen LogP contribution in [0.3, 0.4) is 0 Å². The van der Waals surface area contributed by atoms with Crippen molar-refractivity contribution in [2.75, 3.05) is 6.61 Å². The van der Waals surface area contributed by atoms with Gasteiger partial charge in [0.15, 0.2) is 6.29 Å². The van der Waals surface area contributed by atoms with Gasteiger partial charge in [0, 0.05) is 12.6 Å². The first-order valence-corrected chi connectivity index (χ1v) is 5.13. The van der Waals surface area contributed by atoms with E-state index in [0.29, 0.717) is 24.3 Å². The summed E-state index contributed by atoms with van der Waals surface area (Å²) >= 11 is 1.31. The van der Waals surface area contributed by atoms with Crippen molar-refractivity contribution in [1.82, 2.24) is 4.98 Å². The molecule has 0 bridgehead atoms. The summed E-state index contributed by atoms with van der Waals surface area (Å²) in [5.74, 6) is -0.227. The molecular weight excluding hydrogens is 202 g/mol. The molecule has 0 aliphatic rings. The van der Waals surface area contributed by atoms with Gasteiger partial charge in [0.05, 0.1) is 22.9 Å². The number of thiazole rings is 1. The molecule has 1 heterocycles. The van der Waals surface area contributed by atoms with E-state index in [-0.39, 0.29) is 5.97 Å². The maximum absolute atomic E-state index is 11.0. The average Bonchev–Trinajstić information content (AvgIpc) is 2.63. The Bertz CT molecular complexity index is 322. The summed E-state index contributed by atoms with van der Waals surface area (Å²) in [7, 11) is 0. The first-order chi connectivity index (χ1) is 6.76. The van der Waals surface area contributed by atoms with Crippen molar-refractivity contribution in [2.45, 2.75) is 19.8 Å². The zero-order valence-corrected chi connectivity index (χ0v) is 8.67. The number of carbonyl (C=O) groups is 2. The average molecular weight is 213 g/mol. The molecule has 0 atom stereocenters. The molecule has 0 unspecified atom stereocenters. The fourth-order valence-corrected chi connectivity index (χ4v) is 1.67. The Morgan fingerprint density at radius 1 is 1.71 bits per heavy atom. The van der Waals surface area contributed by atoms with E-state index in [4.69, 9.17) is 4.74 Å². The Kier molecular flexibility index (Phi) is 4.25. The van der Waals surface area contributed by atoms with Crippen LogP contribution < -0.4 is 0 Å². The van der Waals surface area contributed by atoms with Crippen molar-refractivity contribution in [3.05, 3.63) is 16.1 Å². The molecule has 0 saturated carbocycles. The molecule has 4 nitrogen and oxygen atoms in total. The van der Waals surface area contributed by atoms with Crippen LogP contribution in [0.2, 0.25) is 0 Å². The van der Waals surface area contributed by atoms with Crippen molar-refractivity contribution in [3.63, 3.8) is 0 Å². The third-order valence-electron chi connectivity index (χ3n) is 1.54. The first-order valence-electron chi connectivity index (χ1n) is 4.31. The lowest BCUT2D eigenvalue weighted by Gasteiger charge is -1.98. The van der Waals surface area contributed by atoms with Crippen LogP contribution in [0.5, 0.6) is 0 Å². The van der Waals surface area contributed by atoms with E-state index in [9.17, 15) is 9.59 Å². The minimum Gasteiger partial charge on any atom is -0.466 e. The fraction of sp³-hybridized carbons (Fsp3) is 0.444. The van der Waals surface area contributed by atoms with Crippen LogP contribution in [0.25, 0.3) is 0 Å². The molecule has 14 heavy (non-hydrogen) atoms. The highest BCUT2D eigenvalue weighted by Gasteiger charge is 2.05. The molecule has 0 aliphatic carbocycles. The summed E-state index contributed by atoms with van der Waals surface area (Å²) in [6.07, 6.45) is 3.13. The van der Waals surface area contributed by atoms with Crippen LogP contribution in [0.1, 0.15) is 28.0 Å². The van der Waals surface area contributed by atoms with Crippen molar-refractivity contribution < 1.29 is 14.3 Å².